The van der Waals surface area contributed by atoms with E-state index in [9.17, 15) is 10.2 Å². The molecule has 0 spiro atoms. The summed E-state index contributed by atoms with van der Waals surface area (Å²) < 4.78 is 4.17. The lowest BCUT2D eigenvalue weighted by Crippen LogP contribution is -2.27. The van der Waals surface area contributed by atoms with Crippen LogP contribution in [0.1, 0.15) is 46.3 Å². The smallest absolute Gasteiger partial charge is 0.152 e. The number of rotatable bonds is 9. The Balaban J connectivity index is 0.000000178. The fourth-order valence-corrected chi connectivity index (χ4v) is 6.55. The first-order chi connectivity index (χ1) is 21.3. The second-order valence-corrected chi connectivity index (χ2v) is 14.5. The summed E-state index contributed by atoms with van der Waals surface area (Å²) in [6, 6.07) is 15.8. The van der Waals surface area contributed by atoms with E-state index in [4.69, 9.17) is 16.5 Å². The molecule has 0 amide bonds. The fourth-order valence-electron chi connectivity index (χ4n) is 5.47. The molecule has 0 atom stereocenters. The Bertz CT molecular complexity index is 1970. The van der Waals surface area contributed by atoms with Gasteiger partial charge in [-0.2, -0.15) is 23.5 Å². The Kier molecular flexibility index (Phi) is 9.50. The largest absolute Gasteiger partial charge is 0.389 e. The molecular formula is C33H42N8O2S2. The number of nitrogen functional groups attached to an aromatic ring is 2. The van der Waals surface area contributed by atoms with E-state index in [0.717, 1.165) is 67.3 Å². The molecule has 4 aromatic heterocycles. The second-order valence-electron chi connectivity index (χ2n) is 12.3. The molecule has 0 fully saturated rings. The highest BCUT2D eigenvalue weighted by atomic mass is 32.2. The Morgan fingerprint density at radius 2 is 1.11 bits per heavy atom. The van der Waals surface area contributed by atoms with E-state index in [1.165, 1.54) is 0 Å². The first-order valence-corrected chi connectivity index (χ1v) is 17.4. The first-order valence-electron chi connectivity index (χ1n) is 14.9. The molecule has 0 aliphatic heterocycles. The van der Waals surface area contributed by atoms with Crippen LogP contribution in [0.3, 0.4) is 0 Å². The molecule has 45 heavy (non-hydrogen) atoms. The third-order valence-corrected chi connectivity index (χ3v) is 8.59. The second kappa shape index (κ2) is 13.0. The van der Waals surface area contributed by atoms with E-state index in [1.54, 1.807) is 37.4 Å². The molecule has 0 unspecified atom stereocenters. The minimum Gasteiger partial charge on any atom is -0.389 e. The van der Waals surface area contributed by atoms with Gasteiger partial charge < -0.3 is 30.8 Å². The number of nitrogens with zero attached hydrogens (tertiary/aromatic N) is 6. The quantitative estimate of drug-likeness (QED) is 0.147. The van der Waals surface area contributed by atoms with Crippen molar-refractivity contribution in [2.75, 3.05) is 23.5 Å². The number of hydrogen-bond acceptors (Lipinski definition) is 10. The molecule has 0 bridgehead atoms. The average molecular weight is 647 g/mol. The van der Waals surface area contributed by atoms with Gasteiger partial charge >= 0.3 is 0 Å². The molecule has 0 aliphatic rings. The Morgan fingerprint density at radius 1 is 0.689 bits per heavy atom. The zero-order chi connectivity index (χ0) is 32.5. The van der Waals surface area contributed by atoms with Crippen molar-refractivity contribution in [2.45, 2.75) is 70.4 Å². The summed E-state index contributed by atoms with van der Waals surface area (Å²) >= 11 is 3.50. The topological polar surface area (TPSA) is 154 Å². The van der Waals surface area contributed by atoms with Crippen molar-refractivity contribution in [2.24, 2.45) is 0 Å². The summed E-state index contributed by atoms with van der Waals surface area (Å²) in [7, 11) is 0. The fraction of sp³-hybridized carbons (Fsp3) is 0.394. The van der Waals surface area contributed by atoms with Crippen LogP contribution in [0.5, 0.6) is 0 Å². The minimum absolute atomic E-state index is 0.436. The van der Waals surface area contributed by atoms with Crippen LogP contribution in [-0.2, 0) is 24.6 Å². The minimum atomic E-state index is -0.835. The number of benzene rings is 2. The van der Waals surface area contributed by atoms with Crippen LogP contribution in [0.2, 0.25) is 0 Å². The number of pyridine rings is 2. The van der Waals surface area contributed by atoms with Crippen LogP contribution in [0.25, 0.3) is 43.9 Å². The Labute approximate surface area is 271 Å². The van der Waals surface area contributed by atoms with E-state index in [-0.39, 0.29) is 0 Å². The van der Waals surface area contributed by atoms with Gasteiger partial charge in [0.05, 0.1) is 57.9 Å². The maximum Gasteiger partial charge on any atom is 0.152 e. The maximum atomic E-state index is 10.3. The molecule has 0 saturated heterocycles. The van der Waals surface area contributed by atoms with Crippen LogP contribution in [0.15, 0.2) is 48.5 Å². The van der Waals surface area contributed by atoms with Crippen LogP contribution < -0.4 is 11.5 Å². The molecule has 2 aromatic carbocycles. The molecule has 0 radical (unpaired) electrons. The molecule has 0 aliphatic carbocycles. The lowest BCUT2D eigenvalue weighted by molar-refractivity contribution is 0.0615. The molecule has 10 nitrogen and oxygen atoms in total. The lowest BCUT2D eigenvalue weighted by atomic mass is 10.1. The summed E-state index contributed by atoms with van der Waals surface area (Å²) in [4.78, 5) is 18.3. The van der Waals surface area contributed by atoms with Gasteiger partial charge in [0, 0.05) is 10.8 Å². The molecule has 238 valence electrons. The number of aromatic nitrogens is 6. The third-order valence-electron chi connectivity index (χ3n) is 7.18. The van der Waals surface area contributed by atoms with E-state index in [1.807, 2.05) is 68.6 Å². The van der Waals surface area contributed by atoms with Crippen LogP contribution in [0.4, 0.5) is 11.6 Å². The number of para-hydroxylation sites is 2. The first kappa shape index (κ1) is 32.8. The van der Waals surface area contributed by atoms with E-state index >= 15 is 0 Å². The van der Waals surface area contributed by atoms with Gasteiger partial charge in [0.2, 0.25) is 0 Å². The molecule has 12 heteroatoms. The number of thioether (sulfide) groups is 2. The lowest BCUT2D eigenvalue weighted by Gasteiger charge is -2.20. The monoisotopic (exact) mass is 646 g/mol. The maximum absolute atomic E-state index is 10.3. The summed E-state index contributed by atoms with van der Waals surface area (Å²) in [6.45, 7) is 10.3. The number of hydrogen-bond donors (Lipinski definition) is 4. The Morgan fingerprint density at radius 3 is 1.51 bits per heavy atom. The highest BCUT2D eigenvalue weighted by molar-refractivity contribution is 7.98. The third kappa shape index (κ3) is 7.14. The number of anilines is 2. The molecule has 4 heterocycles. The highest BCUT2D eigenvalue weighted by Crippen LogP contribution is 2.32. The zero-order valence-electron chi connectivity index (χ0n) is 26.7. The Hall–Kier alpha value is -3.58. The molecule has 6 rings (SSSR count). The molecular weight excluding hydrogens is 605 g/mol. The standard InChI is InChI=1S/C17H22N4OS.C16H20N4OS/c1-4-23-9-13-20-14-15(21(13)10-17(2,3)22)11-7-5-6-8-12(11)19-16(14)18;1-16(2,21)9-20-12(8-22-3)19-13-14(20)10-6-4-5-7-11(10)18-15(13)17/h5-8,22H,4,9-10H2,1-3H3,(H2,18,19);4-7,21H,8-9H2,1-3H3,(H2,17,18). The predicted molar refractivity (Wildman–Crippen MR) is 191 cm³/mol. The van der Waals surface area contributed by atoms with Crippen LogP contribution >= 0.6 is 23.5 Å². The van der Waals surface area contributed by atoms with Gasteiger partial charge in [0.1, 0.15) is 22.7 Å². The summed E-state index contributed by atoms with van der Waals surface area (Å²) in [5, 5.41) is 22.6. The van der Waals surface area contributed by atoms with Gasteiger partial charge in [-0.15, -0.1) is 0 Å². The van der Waals surface area contributed by atoms with Crippen LogP contribution in [-0.4, -0.2) is 62.5 Å². The number of nitrogens with two attached hydrogens (primary N) is 2. The summed E-state index contributed by atoms with van der Waals surface area (Å²) in [5.74, 6) is 5.28. The van der Waals surface area contributed by atoms with Gasteiger partial charge in [-0.3, -0.25) is 0 Å². The molecule has 0 saturated carbocycles. The van der Waals surface area contributed by atoms with Gasteiger partial charge in [-0.05, 0) is 51.8 Å². The number of fused-ring (bicyclic) bond motifs is 6. The van der Waals surface area contributed by atoms with Crippen molar-refractivity contribution in [1.29, 1.82) is 0 Å². The van der Waals surface area contributed by atoms with Gasteiger partial charge in [-0.25, -0.2) is 19.9 Å². The van der Waals surface area contributed by atoms with Crippen molar-refractivity contribution in [3.63, 3.8) is 0 Å². The van der Waals surface area contributed by atoms with Crippen molar-refractivity contribution in [1.82, 2.24) is 29.1 Å². The van der Waals surface area contributed by atoms with E-state index in [2.05, 4.69) is 31.0 Å². The number of aliphatic hydroxyl groups is 2. The summed E-state index contributed by atoms with van der Waals surface area (Å²) in [5.41, 5.74) is 15.6. The predicted octanol–water partition coefficient (Wildman–Crippen LogP) is 5.99. The van der Waals surface area contributed by atoms with E-state index < -0.39 is 11.2 Å². The van der Waals surface area contributed by atoms with Crippen molar-refractivity contribution < 1.29 is 10.2 Å². The normalized spacial score (nSPS) is 12.4. The zero-order valence-corrected chi connectivity index (χ0v) is 28.3. The number of imidazole rings is 2. The van der Waals surface area contributed by atoms with Gasteiger partial charge in [-0.1, -0.05) is 43.3 Å². The van der Waals surface area contributed by atoms with Gasteiger partial charge in [0.15, 0.2) is 11.6 Å². The van der Waals surface area contributed by atoms with Crippen LogP contribution in [0, 0.1) is 0 Å². The SMILES string of the molecule is CCSCc1nc2c(N)nc3ccccc3c2n1CC(C)(C)O.CSCc1nc2c(N)nc3ccccc3c2n1CC(C)(C)O. The van der Waals surface area contributed by atoms with Gasteiger partial charge in [0.25, 0.3) is 0 Å². The molecule has 6 N–H and O–H groups in total. The van der Waals surface area contributed by atoms with Crippen molar-refractivity contribution >= 4 is 79.0 Å². The average Bonchev–Trinajstić information content (AvgIpc) is 3.50. The molecule has 6 aromatic rings. The highest BCUT2D eigenvalue weighted by Gasteiger charge is 2.23. The van der Waals surface area contributed by atoms with Crippen molar-refractivity contribution in [3.8, 4) is 0 Å². The summed E-state index contributed by atoms with van der Waals surface area (Å²) in [6.07, 6.45) is 2.04. The van der Waals surface area contributed by atoms with Crippen molar-refractivity contribution in [3.05, 3.63) is 60.2 Å². The van der Waals surface area contributed by atoms with E-state index in [0.29, 0.717) is 30.2 Å².